The summed E-state index contributed by atoms with van der Waals surface area (Å²) in [5.74, 6) is -0.0498. The van der Waals surface area contributed by atoms with Crippen molar-refractivity contribution in [2.75, 3.05) is 11.4 Å². The lowest BCUT2D eigenvalue weighted by Gasteiger charge is -2.28. The number of amides is 1. The van der Waals surface area contributed by atoms with Crippen LogP contribution in [-0.2, 0) is 0 Å². The number of rotatable bonds is 1. The number of hydrogen-bond donors (Lipinski definition) is 0. The van der Waals surface area contributed by atoms with Crippen molar-refractivity contribution in [3.05, 3.63) is 40.4 Å². The first-order valence-electron chi connectivity index (χ1n) is 5.91. The van der Waals surface area contributed by atoms with Crippen LogP contribution in [0.3, 0.4) is 0 Å². The Kier molecular flexibility index (Phi) is 2.87. The lowest BCUT2D eigenvalue weighted by Crippen LogP contribution is -2.37. The lowest BCUT2D eigenvalue weighted by molar-refractivity contribution is 0.0956. The number of nitrogens with zero attached hydrogens (tertiary/aromatic N) is 3. The topological polar surface area (TPSA) is 63.2 Å². The number of benzene rings is 1. The van der Waals surface area contributed by atoms with Gasteiger partial charge in [0.05, 0.1) is 11.4 Å². The molecule has 0 spiro atoms. The maximum absolute atomic E-state index is 12.5. The van der Waals surface area contributed by atoms with E-state index in [-0.39, 0.29) is 11.7 Å². The Hall–Kier alpha value is -2.08. The van der Waals surface area contributed by atoms with Crippen molar-refractivity contribution in [3.8, 4) is 0 Å². The van der Waals surface area contributed by atoms with Crippen LogP contribution in [0.25, 0.3) is 0 Å². The molecule has 0 radical (unpaired) electrons. The van der Waals surface area contributed by atoms with Gasteiger partial charge in [-0.3, -0.25) is 9.59 Å². The molecule has 2 aromatic rings. The number of para-hydroxylation sites is 1. The van der Waals surface area contributed by atoms with Crippen molar-refractivity contribution >= 4 is 28.9 Å². The zero-order valence-corrected chi connectivity index (χ0v) is 11.1. The van der Waals surface area contributed by atoms with Gasteiger partial charge in [-0.15, -0.1) is 5.10 Å². The summed E-state index contributed by atoms with van der Waals surface area (Å²) >= 11 is 1.09. The fourth-order valence-corrected chi connectivity index (χ4v) is 2.78. The van der Waals surface area contributed by atoms with Crippen molar-refractivity contribution in [1.29, 1.82) is 0 Å². The Morgan fingerprint density at radius 1 is 1.37 bits per heavy atom. The highest BCUT2D eigenvalue weighted by Crippen LogP contribution is 2.29. The number of fused-ring (bicyclic) bond motifs is 1. The van der Waals surface area contributed by atoms with Gasteiger partial charge in [-0.2, -0.15) is 0 Å². The summed E-state index contributed by atoms with van der Waals surface area (Å²) < 4.78 is 3.79. The molecule has 0 saturated carbocycles. The third-order valence-corrected chi connectivity index (χ3v) is 3.96. The predicted molar refractivity (Wildman–Crippen MR) is 71.7 cm³/mol. The third kappa shape index (κ3) is 1.94. The molecule has 0 atom stereocenters. The van der Waals surface area contributed by atoms with Gasteiger partial charge in [0.25, 0.3) is 5.91 Å². The minimum absolute atomic E-state index is 0.0822. The molecule has 0 saturated heterocycles. The van der Waals surface area contributed by atoms with Crippen LogP contribution in [0.4, 0.5) is 5.69 Å². The highest BCUT2D eigenvalue weighted by atomic mass is 32.1. The van der Waals surface area contributed by atoms with Gasteiger partial charge in [0, 0.05) is 18.5 Å². The Morgan fingerprint density at radius 2 is 2.16 bits per heavy atom. The largest absolute Gasteiger partial charge is 0.306 e. The van der Waals surface area contributed by atoms with Gasteiger partial charge in [-0.25, -0.2) is 0 Å². The third-order valence-electron chi connectivity index (χ3n) is 3.15. The molecule has 96 valence electrons. The summed E-state index contributed by atoms with van der Waals surface area (Å²) in [4.78, 5) is 26.5. The average Bonchev–Trinajstić information content (AvgIpc) is 2.85. The van der Waals surface area contributed by atoms with E-state index in [9.17, 15) is 9.59 Å². The number of ketones is 1. The Morgan fingerprint density at radius 3 is 2.89 bits per heavy atom. The van der Waals surface area contributed by atoms with Crippen LogP contribution in [0.5, 0.6) is 0 Å². The number of hydrogen-bond acceptors (Lipinski definition) is 5. The van der Waals surface area contributed by atoms with E-state index in [2.05, 4.69) is 9.59 Å². The second kappa shape index (κ2) is 4.55. The number of anilines is 1. The fraction of sp³-hybridized carbons (Fsp3) is 0.231. The minimum Gasteiger partial charge on any atom is -0.306 e. The molecule has 0 N–H and O–H groups in total. The fourth-order valence-electron chi connectivity index (χ4n) is 2.17. The maximum Gasteiger partial charge on any atom is 0.271 e. The van der Waals surface area contributed by atoms with Crippen LogP contribution >= 0.6 is 11.5 Å². The van der Waals surface area contributed by atoms with Crippen LogP contribution in [0, 0.1) is 6.92 Å². The summed E-state index contributed by atoms with van der Waals surface area (Å²) in [6.07, 6.45) is 0.355. The molecular weight excluding hydrogens is 262 g/mol. The molecule has 2 heterocycles. The quantitative estimate of drug-likeness (QED) is 0.798. The first-order valence-corrected chi connectivity index (χ1v) is 6.69. The number of aromatic nitrogens is 2. The molecule has 0 bridgehead atoms. The molecule has 19 heavy (non-hydrogen) atoms. The van der Waals surface area contributed by atoms with Gasteiger partial charge < -0.3 is 4.90 Å². The summed E-state index contributed by atoms with van der Waals surface area (Å²) in [6.45, 7) is 2.17. The second-order valence-electron chi connectivity index (χ2n) is 4.33. The molecule has 6 heteroatoms. The van der Waals surface area contributed by atoms with E-state index >= 15 is 0 Å². The van der Waals surface area contributed by atoms with E-state index in [1.807, 2.05) is 12.1 Å². The maximum atomic E-state index is 12.5. The summed E-state index contributed by atoms with van der Waals surface area (Å²) in [5.41, 5.74) is 1.91. The molecular formula is C13H11N3O2S. The van der Waals surface area contributed by atoms with Gasteiger partial charge in [0.1, 0.15) is 4.88 Å². The van der Waals surface area contributed by atoms with Gasteiger partial charge in [0.15, 0.2) is 5.78 Å². The Bertz CT molecular complexity index is 665. The molecule has 5 nitrogen and oxygen atoms in total. The number of aryl methyl sites for hydroxylation is 1. The van der Waals surface area contributed by atoms with Gasteiger partial charge in [-0.05, 0) is 30.6 Å². The van der Waals surface area contributed by atoms with E-state index in [1.165, 1.54) is 0 Å². The first-order chi connectivity index (χ1) is 9.18. The highest BCUT2D eigenvalue weighted by Gasteiger charge is 2.29. The molecule has 0 unspecified atom stereocenters. The van der Waals surface area contributed by atoms with Crippen molar-refractivity contribution in [1.82, 2.24) is 9.59 Å². The van der Waals surface area contributed by atoms with Crippen molar-refractivity contribution in [3.63, 3.8) is 0 Å². The van der Waals surface area contributed by atoms with Crippen LogP contribution < -0.4 is 4.90 Å². The van der Waals surface area contributed by atoms with E-state index in [0.717, 1.165) is 11.5 Å². The zero-order chi connectivity index (χ0) is 13.4. The number of carbonyl (C=O) groups is 2. The summed E-state index contributed by atoms with van der Waals surface area (Å²) in [7, 11) is 0. The summed E-state index contributed by atoms with van der Waals surface area (Å²) in [5, 5.41) is 3.86. The van der Waals surface area contributed by atoms with Crippen LogP contribution in [0.1, 0.15) is 32.1 Å². The normalized spacial score (nSPS) is 14.4. The van der Waals surface area contributed by atoms with Gasteiger partial charge in [-0.1, -0.05) is 16.6 Å². The standard InChI is InChI=1S/C13H11N3O2S/c1-8-12(19-15-14-8)13(18)16-7-6-11(17)9-4-2-3-5-10(9)16/h2-5H,6-7H2,1H3. The zero-order valence-electron chi connectivity index (χ0n) is 10.3. The van der Waals surface area contributed by atoms with Crippen molar-refractivity contribution < 1.29 is 9.59 Å². The minimum atomic E-state index is -0.132. The lowest BCUT2D eigenvalue weighted by atomic mass is 10.0. The molecule has 1 amide bonds. The second-order valence-corrected chi connectivity index (χ2v) is 5.09. The van der Waals surface area contributed by atoms with Gasteiger partial charge >= 0.3 is 0 Å². The molecule has 1 aliphatic heterocycles. The molecule has 3 rings (SSSR count). The van der Waals surface area contributed by atoms with Crippen LogP contribution in [-0.4, -0.2) is 27.8 Å². The number of carbonyl (C=O) groups excluding carboxylic acids is 2. The van der Waals surface area contributed by atoms with E-state index in [4.69, 9.17) is 0 Å². The molecule has 1 aromatic heterocycles. The Labute approximate surface area is 114 Å². The monoisotopic (exact) mass is 273 g/mol. The van der Waals surface area contributed by atoms with Crippen LogP contribution in [0.2, 0.25) is 0 Å². The average molecular weight is 273 g/mol. The first kappa shape index (κ1) is 12.0. The van der Waals surface area contributed by atoms with Gasteiger partial charge in [0.2, 0.25) is 0 Å². The predicted octanol–water partition coefficient (Wildman–Crippen LogP) is 2.08. The highest BCUT2D eigenvalue weighted by molar-refractivity contribution is 7.08. The van der Waals surface area contributed by atoms with Crippen molar-refractivity contribution in [2.24, 2.45) is 0 Å². The molecule has 0 aliphatic carbocycles. The SMILES string of the molecule is Cc1nnsc1C(=O)N1CCC(=O)c2ccccc21. The molecule has 1 aliphatic rings. The van der Waals surface area contributed by atoms with E-state index < -0.39 is 0 Å². The number of Topliss-reactive ketones (excluding diaryl/α,β-unsaturated/α-hetero) is 1. The Balaban J connectivity index is 2.04. The van der Waals surface area contributed by atoms with E-state index in [1.54, 1.807) is 24.0 Å². The molecule has 0 fully saturated rings. The van der Waals surface area contributed by atoms with Crippen molar-refractivity contribution in [2.45, 2.75) is 13.3 Å². The summed E-state index contributed by atoms with van der Waals surface area (Å²) in [6, 6.07) is 7.20. The van der Waals surface area contributed by atoms with Crippen LogP contribution in [0.15, 0.2) is 24.3 Å². The van der Waals surface area contributed by atoms with E-state index in [0.29, 0.717) is 34.8 Å². The smallest absolute Gasteiger partial charge is 0.271 e. The molecule has 1 aromatic carbocycles.